The maximum absolute atomic E-state index is 12.8. The van der Waals surface area contributed by atoms with Crippen molar-refractivity contribution in [2.24, 2.45) is 5.92 Å². The molecule has 1 aromatic rings. The van der Waals surface area contributed by atoms with E-state index >= 15 is 0 Å². The first-order valence-corrected chi connectivity index (χ1v) is 8.90. The highest BCUT2D eigenvalue weighted by Gasteiger charge is 2.29. The highest BCUT2D eigenvalue weighted by molar-refractivity contribution is 5.74. The van der Waals surface area contributed by atoms with E-state index < -0.39 is 0 Å². The number of urea groups is 1. The van der Waals surface area contributed by atoms with Crippen molar-refractivity contribution in [2.75, 3.05) is 53.5 Å². The first-order valence-electron chi connectivity index (χ1n) is 8.90. The van der Waals surface area contributed by atoms with Gasteiger partial charge in [-0.1, -0.05) is 0 Å². The maximum atomic E-state index is 12.8. The average molecular weight is 335 g/mol. The van der Waals surface area contributed by atoms with Gasteiger partial charge in [0, 0.05) is 51.0 Å². The molecule has 0 aliphatic carbocycles. The molecule has 1 aromatic heterocycles. The molecule has 1 atom stereocenters. The molecule has 1 saturated heterocycles. The van der Waals surface area contributed by atoms with Crippen LogP contribution < -0.4 is 0 Å². The lowest BCUT2D eigenvalue weighted by Crippen LogP contribution is -2.43. The van der Waals surface area contributed by atoms with Crippen LogP contribution >= 0.6 is 0 Å². The van der Waals surface area contributed by atoms with E-state index in [1.54, 1.807) is 0 Å². The van der Waals surface area contributed by atoms with E-state index in [-0.39, 0.29) is 6.03 Å². The van der Waals surface area contributed by atoms with Gasteiger partial charge >= 0.3 is 6.03 Å². The van der Waals surface area contributed by atoms with Crippen LogP contribution in [0, 0.1) is 5.92 Å². The molecular weight excluding hydrogens is 306 g/mol. The van der Waals surface area contributed by atoms with Crippen LogP contribution in [-0.2, 0) is 17.8 Å². The Balaban J connectivity index is 1.63. The number of hydrogen-bond acceptors (Lipinski definition) is 4. The molecule has 2 aliphatic heterocycles. The van der Waals surface area contributed by atoms with Crippen LogP contribution in [-0.4, -0.2) is 83.8 Å². The van der Waals surface area contributed by atoms with Crippen molar-refractivity contribution < 1.29 is 9.53 Å². The molecule has 0 aromatic carbocycles. The van der Waals surface area contributed by atoms with Crippen LogP contribution in [0.1, 0.15) is 18.7 Å². The van der Waals surface area contributed by atoms with E-state index in [0.29, 0.717) is 19.1 Å². The minimum absolute atomic E-state index is 0.155. The maximum Gasteiger partial charge on any atom is 0.320 e. The molecule has 7 nitrogen and oxygen atoms in total. The number of amides is 2. The molecule has 2 amide bonds. The predicted octanol–water partition coefficient (Wildman–Crippen LogP) is 1.11. The van der Waals surface area contributed by atoms with Crippen LogP contribution in [0.25, 0.3) is 0 Å². The Labute approximate surface area is 144 Å². The Morgan fingerprint density at radius 2 is 2.08 bits per heavy atom. The number of likely N-dealkylation sites (tertiary alicyclic amines) is 1. The SMILES string of the molecule is CN(C)CCOCC1CN(C(=O)N2CCCC2)Cc2nccn2C1. The van der Waals surface area contributed by atoms with Crippen molar-refractivity contribution in [1.82, 2.24) is 24.3 Å². The van der Waals surface area contributed by atoms with Crippen molar-refractivity contribution in [1.29, 1.82) is 0 Å². The van der Waals surface area contributed by atoms with Crippen molar-refractivity contribution in [2.45, 2.75) is 25.9 Å². The van der Waals surface area contributed by atoms with Gasteiger partial charge in [0.15, 0.2) is 0 Å². The molecule has 7 heteroatoms. The highest BCUT2D eigenvalue weighted by Crippen LogP contribution is 2.19. The van der Waals surface area contributed by atoms with Crippen molar-refractivity contribution in [3.05, 3.63) is 18.2 Å². The van der Waals surface area contributed by atoms with E-state index in [1.165, 1.54) is 0 Å². The van der Waals surface area contributed by atoms with Gasteiger partial charge < -0.3 is 24.0 Å². The second kappa shape index (κ2) is 7.98. The summed E-state index contributed by atoms with van der Waals surface area (Å²) in [6, 6.07) is 0.155. The highest BCUT2D eigenvalue weighted by atomic mass is 16.5. The van der Waals surface area contributed by atoms with Crippen LogP contribution in [0.3, 0.4) is 0 Å². The average Bonchev–Trinajstić information content (AvgIpc) is 3.19. The fourth-order valence-corrected chi connectivity index (χ4v) is 3.40. The van der Waals surface area contributed by atoms with Gasteiger partial charge in [0.1, 0.15) is 5.82 Å². The molecule has 134 valence electrons. The van der Waals surface area contributed by atoms with Crippen molar-refractivity contribution in [3.63, 3.8) is 0 Å². The monoisotopic (exact) mass is 335 g/mol. The largest absolute Gasteiger partial charge is 0.380 e. The summed E-state index contributed by atoms with van der Waals surface area (Å²) >= 11 is 0. The van der Waals surface area contributed by atoms with E-state index in [9.17, 15) is 4.79 Å². The lowest BCUT2D eigenvalue weighted by atomic mass is 10.1. The Bertz CT molecular complexity index is 539. The minimum atomic E-state index is 0.155. The number of carbonyl (C=O) groups is 1. The Morgan fingerprint density at radius 1 is 1.29 bits per heavy atom. The van der Waals surface area contributed by atoms with Gasteiger partial charge in [-0.05, 0) is 26.9 Å². The summed E-state index contributed by atoms with van der Waals surface area (Å²) in [7, 11) is 4.09. The first-order chi connectivity index (χ1) is 11.6. The third-order valence-corrected chi connectivity index (χ3v) is 4.75. The van der Waals surface area contributed by atoms with Crippen LogP contribution in [0.15, 0.2) is 12.4 Å². The number of ether oxygens (including phenoxy) is 1. The third-order valence-electron chi connectivity index (χ3n) is 4.75. The van der Waals surface area contributed by atoms with Gasteiger partial charge in [0.2, 0.25) is 0 Å². The zero-order chi connectivity index (χ0) is 16.9. The fourth-order valence-electron chi connectivity index (χ4n) is 3.40. The van der Waals surface area contributed by atoms with Crippen LogP contribution in [0.5, 0.6) is 0 Å². The smallest absolute Gasteiger partial charge is 0.320 e. The van der Waals surface area contributed by atoms with E-state index in [0.717, 1.165) is 58.0 Å². The molecule has 0 saturated carbocycles. The fraction of sp³-hybridized carbons (Fsp3) is 0.765. The van der Waals surface area contributed by atoms with Gasteiger partial charge in [0.25, 0.3) is 0 Å². The molecule has 0 bridgehead atoms. The summed E-state index contributed by atoms with van der Waals surface area (Å²) in [6.07, 6.45) is 6.06. The van der Waals surface area contributed by atoms with Gasteiger partial charge in [-0.15, -0.1) is 0 Å². The van der Waals surface area contributed by atoms with E-state index in [4.69, 9.17) is 4.74 Å². The molecule has 0 radical (unpaired) electrons. The van der Waals surface area contributed by atoms with E-state index in [2.05, 4.69) is 14.5 Å². The lowest BCUT2D eigenvalue weighted by molar-refractivity contribution is 0.0704. The molecule has 24 heavy (non-hydrogen) atoms. The number of likely N-dealkylation sites (N-methyl/N-ethyl adjacent to an activating group) is 1. The zero-order valence-electron chi connectivity index (χ0n) is 14.9. The topological polar surface area (TPSA) is 53.8 Å². The Morgan fingerprint density at radius 3 is 2.83 bits per heavy atom. The lowest BCUT2D eigenvalue weighted by Gasteiger charge is -2.28. The van der Waals surface area contributed by atoms with Gasteiger partial charge in [-0.25, -0.2) is 9.78 Å². The number of aromatic nitrogens is 2. The number of hydrogen-bond donors (Lipinski definition) is 0. The first kappa shape index (κ1) is 17.2. The molecule has 1 fully saturated rings. The Hall–Kier alpha value is -1.60. The molecule has 3 rings (SSSR count). The quantitative estimate of drug-likeness (QED) is 0.757. The van der Waals surface area contributed by atoms with E-state index in [1.807, 2.05) is 36.3 Å². The number of rotatable bonds is 5. The molecule has 3 heterocycles. The second-order valence-electron chi connectivity index (χ2n) is 7.10. The number of imidazole rings is 1. The summed E-state index contributed by atoms with van der Waals surface area (Å²) < 4.78 is 8.02. The summed E-state index contributed by atoms with van der Waals surface area (Å²) in [4.78, 5) is 23.3. The zero-order valence-corrected chi connectivity index (χ0v) is 14.9. The van der Waals surface area contributed by atoms with Crippen molar-refractivity contribution >= 4 is 6.03 Å². The second-order valence-corrected chi connectivity index (χ2v) is 7.10. The number of carbonyl (C=O) groups excluding carboxylic acids is 1. The summed E-state index contributed by atoms with van der Waals surface area (Å²) in [5.74, 6) is 1.27. The Kier molecular flexibility index (Phi) is 5.73. The summed E-state index contributed by atoms with van der Waals surface area (Å²) in [5.41, 5.74) is 0. The molecule has 2 aliphatic rings. The molecule has 0 N–H and O–H groups in total. The number of nitrogens with zero attached hydrogens (tertiary/aromatic N) is 5. The molecule has 0 spiro atoms. The summed E-state index contributed by atoms with van der Waals surface area (Å²) in [5, 5.41) is 0. The minimum Gasteiger partial charge on any atom is -0.380 e. The molecular formula is C17H29N5O2. The molecule has 1 unspecified atom stereocenters. The van der Waals surface area contributed by atoms with Gasteiger partial charge in [-0.2, -0.15) is 0 Å². The number of fused-ring (bicyclic) bond motifs is 1. The standard InChI is InChI=1S/C17H29N5O2/c1-19(2)9-10-24-14-15-11-21-8-5-18-16(21)13-22(12-15)17(23)20-6-3-4-7-20/h5,8,15H,3-4,6-7,9-14H2,1-2H3. The van der Waals surface area contributed by atoms with Crippen molar-refractivity contribution in [3.8, 4) is 0 Å². The van der Waals surface area contributed by atoms with Crippen LogP contribution in [0.2, 0.25) is 0 Å². The summed E-state index contributed by atoms with van der Waals surface area (Å²) in [6.45, 7) is 6.27. The normalized spacial score (nSPS) is 21.2. The third kappa shape index (κ3) is 4.27. The van der Waals surface area contributed by atoms with Gasteiger partial charge in [-0.3, -0.25) is 0 Å². The van der Waals surface area contributed by atoms with Gasteiger partial charge in [0.05, 0.1) is 19.8 Å². The predicted molar refractivity (Wildman–Crippen MR) is 91.7 cm³/mol. The van der Waals surface area contributed by atoms with Crippen LogP contribution in [0.4, 0.5) is 4.79 Å².